The second-order valence-electron chi connectivity index (χ2n) is 7.18. The van der Waals surface area contributed by atoms with Gasteiger partial charge in [-0.25, -0.2) is 0 Å². The van der Waals surface area contributed by atoms with E-state index in [0.29, 0.717) is 32.1 Å². The zero-order valence-electron chi connectivity index (χ0n) is 15.1. The smallest absolute Gasteiger partial charge is 0.225 e. The molecular formula is C20H29N3O2. The van der Waals surface area contributed by atoms with E-state index in [1.54, 1.807) is 0 Å². The second kappa shape index (κ2) is 8.48. The summed E-state index contributed by atoms with van der Waals surface area (Å²) in [6.45, 7) is 5.92. The van der Waals surface area contributed by atoms with Crippen molar-refractivity contribution in [1.29, 1.82) is 0 Å². The molecule has 5 nitrogen and oxygen atoms in total. The molecule has 0 bridgehead atoms. The minimum atomic E-state index is -0.0422. The standard InChI is InChI=1S/C20H29N3O2/c1-2-19(24)23-12-10-17(15-23)20(25)21-13-18-9-6-11-22(18)14-16-7-4-3-5-8-16/h3-5,7-8,17-18H,2,6,9-15H2,1H3,(H,21,25). The molecule has 2 unspecified atom stereocenters. The Morgan fingerprint density at radius 2 is 1.96 bits per heavy atom. The normalized spacial score (nSPS) is 23.8. The molecule has 2 fully saturated rings. The van der Waals surface area contributed by atoms with Crippen molar-refractivity contribution in [3.05, 3.63) is 35.9 Å². The van der Waals surface area contributed by atoms with Crippen LogP contribution in [0.3, 0.4) is 0 Å². The van der Waals surface area contributed by atoms with Crippen molar-refractivity contribution in [2.24, 2.45) is 5.92 Å². The summed E-state index contributed by atoms with van der Waals surface area (Å²) in [5, 5.41) is 3.14. The minimum Gasteiger partial charge on any atom is -0.354 e. The van der Waals surface area contributed by atoms with Gasteiger partial charge < -0.3 is 10.2 Å². The van der Waals surface area contributed by atoms with Crippen molar-refractivity contribution in [2.75, 3.05) is 26.2 Å². The van der Waals surface area contributed by atoms with E-state index in [0.717, 1.165) is 25.9 Å². The second-order valence-corrected chi connectivity index (χ2v) is 7.18. The monoisotopic (exact) mass is 343 g/mol. The molecule has 25 heavy (non-hydrogen) atoms. The molecule has 0 saturated carbocycles. The first-order chi connectivity index (χ1) is 12.2. The number of rotatable bonds is 6. The number of hydrogen-bond acceptors (Lipinski definition) is 3. The zero-order chi connectivity index (χ0) is 17.6. The van der Waals surface area contributed by atoms with Gasteiger partial charge >= 0.3 is 0 Å². The lowest BCUT2D eigenvalue weighted by Gasteiger charge is -2.25. The molecular weight excluding hydrogens is 314 g/mol. The number of amides is 2. The summed E-state index contributed by atoms with van der Waals surface area (Å²) in [5.74, 6) is 0.220. The van der Waals surface area contributed by atoms with Crippen molar-refractivity contribution in [2.45, 2.75) is 45.2 Å². The third-order valence-electron chi connectivity index (χ3n) is 5.45. The summed E-state index contributed by atoms with van der Waals surface area (Å²) in [6, 6.07) is 10.9. The Morgan fingerprint density at radius 1 is 1.16 bits per heavy atom. The molecule has 2 saturated heterocycles. The van der Waals surface area contributed by atoms with E-state index in [-0.39, 0.29) is 17.7 Å². The van der Waals surface area contributed by atoms with Gasteiger partial charge in [-0.05, 0) is 31.4 Å². The van der Waals surface area contributed by atoms with E-state index in [4.69, 9.17) is 0 Å². The fourth-order valence-electron chi connectivity index (χ4n) is 3.94. The Balaban J connectivity index is 1.46. The highest BCUT2D eigenvalue weighted by molar-refractivity contribution is 5.82. The minimum absolute atomic E-state index is 0.0422. The molecule has 2 aliphatic rings. The molecule has 2 atom stereocenters. The van der Waals surface area contributed by atoms with Crippen molar-refractivity contribution in [1.82, 2.24) is 15.1 Å². The molecule has 3 rings (SSSR count). The van der Waals surface area contributed by atoms with Crippen molar-refractivity contribution >= 4 is 11.8 Å². The van der Waals surface area contributed by atoms with Gasteiger partial charge in [0.25, 0.3) is 0 Å². The van der Waals surface area contributed by atoms with Crippen LogP contribution in [-0.4, -0.2) is 53.8 Å². The van der Waals surface area contributed by atoms with E-state index < -0.39 is 0 Å². The molecule has 0 aliphatic carbocycles. The average molecular weight is 343 g/mol. The van der Waals surface area contributed by atoms with Crippen LogP contribution >= 0.6 is 0 Å². The molecule has 0 spiro atoms. The van der Waals surface area contributed by atoms with Gasteiger partial charge in [-0.15, -0.1) is 0 Å². The molecule has 2 amide bonds. The van der Waals surface area contributed by atoms with Gasteiger partial charge in [0.05, 0.1) is 5.92 Å². The number of nitrogens with zero attached hydrogens (tertiary/aromatic N) is 2. The molecule has 5 heteroatoms. The zero-order valence-corrected chi connectivity index (χ0v) is 15.1. The highest BCUT2D eigenvalue weighted by atomic mass is 16.2. The highest BCUT2D eigenvalue weighted by Gasteiger charge is 2.31. The van der Waals surface area contributed by atoms with Crippen LogP contribution in [-0.2, 0) is 16.1 Å². The molecule has 136 valence electrons. The van der Waals surface area contributed by atoms with Crippen molar-refractivity contribution in [3.8, 4) is 0 Å². The lowest BCUT2D eigenvalue weighted by Crippen LogP contribution is -2.42. The molecule has 1 aromatic carbocycles. The van der Waals surface area contributed by atoms with Crippen LogP contribution in [0, 0.1) is 5.92 Å². The number of benzene rings is 1. The van der Waals surface area contributed by atoms with E-state index in [2.05, 4.69) is 34.5 Å². The first-order valence-corrected chi connectivity index (χ1v) is 9.51. The van der Waals surface area contributed by atoms with E-state index >= 15 is 0 Å². The third kappa shape index (κ3) is 4.60. The topological polar surface area (TPSA) is 52.7 Å². The summed E-state index contributed by atoms with van der Waals surface area (Å²) in [6.07, 6.45) is 3.63. The van der Waals surface area contributed by atoms with Gasteiger partial charge in [-0.2, -0.15) is 0 Å². The lowest BCUT2D eigenvalue weighted by atomic mass is 10.1. The lowest BCUT2D eigenvalue weighted by molar-refractivity contribution is -0.130. The SMILES string of the molecule is CCC(=O)N1CCC(C(=O)NCC2CCCN2Cc2ccccc2)C1. The average Bonchev–Trinajstić information content (AvgIpc) is 3.29. The van der Waals surface area contributed by atoms with Crippen LogP contribution in [0.25, 0.3) is 0 Å². The summed E-state index contributed by atoms with van der Waals surface area (Å²) in [4.78, 5) is 28.5. The van der Waals surface area contributed by atoms with Gasteiger partial charge in [-0.1, -0.05) is 37.3 Å². The third-order valence-corrected chi connectivity index (χ3v) is 5.45. The van der Waals surface area contributed by atoms with Gasteiger partial charge in [0.2, 0.25) is 11.8 Å². The summed E-state index contributed by atoms with van der Waals surface area (Å²) < 4.78 is 0. The van der Waals surface area contributed by atoms with Crippen LogP contribution < -0.4 is 5.32 Å². The van der Waals surface area contributed by atoms with Crippen LogP contribution in [0.2, 0.25) is 0 Å². The van der Waals surface area contributed by atoms with Gasteiger partial charge in [0.1, 0.15) is 0 Å². The largest absolute Gasteiger partial charge is 0.354 e. The Hall–Kier alpha value is -1.88. The van der Waals surface area contributed by atoms with Crippen molar-refractivity contribution in [3.63, 3.8) is 0 Å². The number of carbonyl (C=O) groups excluding carboxylic acids is 2. The Bertz CT molecular complexity index is 590. The van der Waals surface area contributed by atoms with Crippen LogP contribution in [0.1, 0.15) is 38.2 Å². The fourth-order valence-corrected chi connectivity index (χ4v) is 3.94. The first-order valence-electron chi connectivity index (χ1n) is 9.51. The Labute approximate surface area is 150 Å². The quantitative estimate of drug-likeness (QED) is 0.860. The summed E-state index contributed by atoms with van der Waals surface area (Å²) in [7, 11) is 0. The van der Waals surface area contributed by atoms with Crippen LogP contribution in [0.4, 0.5) is 0 Å². The molecule has 1 N–H and O–H groups in total. The summed E-state index contributed by atoms with van der Waals surface area (Å²) in [5.41, 5.74) is 1.32. The van der Waals surface area contributed by atoms with E-state index in [9.17, 15) is 9.59 Å². The number of nitrogens with one attached hydrogen (secondary N) is 1. The first kappa shape index (κ1) is 17.9. The maximum absolute atomic E-state index is 12.5. The molecule has 2 heterocycles. The van der Waals surface area contributed by atoms with Crippen LogP contribution in [0.5, 0.6) is 0 Å². The molecule has 1 aromatic rings. The predicted molar refractivity (Wildman–Crippen MR) is 97.9 cm³/mol. The maximum Gasteiger partial charge on any atom is 0.225 e. The Morgan fingerprint density at radius 3 is 2.72 bits per heavy atom. The summed E-state index contributed by atoms with van der Waals surface area (Å²) >= 11 is 0. The van der Waals surface area contributed by atoms with Crippen molar-refractivity contribution < 1.29 is 9.59 Å². The number of hydrogen-bond donors (Lipinski definition) is 1. The van der Waals surface area contributed by atoms with Gasteiger partial charge in [0.15, 0.2) is 0 Å². The van der Waals surface area contributed by atoms with Crippen LogP contribution in [0.15, 0.2) is 30.3 Å². The maximum atomic E-state index is 12.5. The molecule has 2 aliphatic heterocycles. The Kier molecular flexibility index (Phi) is 6.08. The van der Waals surface area contributed by atoms with Gasteiger partial charge in [0, 0.05) is 38.6 Å². The highest BCUT2D eigenvalue weighted by Crippen LogP contribution is 2.21. The molecule has 0 radical (unpaired) electrons. The predicted octanol–water partition coefficient (Wildman–Crippen LogP) is 2.03. The van der Waals surface area contributed by atoms with E-state index in [1.807, 2.05) is 17.9 Å². The van der Waals surface area contributed by atoms with Gasteiger partial charge in [-0.3, -0.25) is 14.5 Å². The number of likely N-dealkylation sites (tertiary alicyclic amines) is 2. The number of carbonyl (C=O) groups is 2. The fraction of sp³-hybridized carbons (Fsp3) is 0.600. The van der Waals surface area contributed by atoms with E-state index in [1.165, 1.54) is 12.0 Å². The molecule has 0 aromatic heterocycles.